The number of ether oxygens (including phenoxy) is 4. The van der Waals surface area contributed by atoms with Crippen molar-refractivity contribution in [3.05, 3.63) is 11.9 Å². The van der Waals surface area contributed by atoms with Gasteiger partial charge in [0.2, 0.25) is 5.88 Å². The number of hydrogen-bond acceptors (Lipinski definition) is 12. The van der Waals surface area contributed by atoms with Crippen LogP contribution < -0.4 is 9.64 Å². The van der Waals surface area contributed by atoms with E-state index < -0.39 is 28.8 Å². The lowest BCUT2D eigenvalue weighted by Gasteiger charge is -2.52. The molecule has 5 fully saturated rings. The number of anilines is 1. The number of rotatable bonds is 6. The third kappa shape index (κ3) is 6.67. The quantitative estimate of drug-likeness (QED) is 0.267. The van der Waals surface area contributed by atoms with Crippen molar-refractivity contribution in [2.45, 2.75) is 109 Å². The molecule has 0 aromatic carbocycles. The van der Waals surface area contributed by atoms with Gasteiger partial charge in [0, 0.05) is 45.2 Å². The average Bonchev–Trinajstić information content (AvgIpc) is 3.72. The van der Waals surface area contributed by atoms with Gasteiger partial charge in [0.15, 0.2) is 17.4 Å². The topological polar surface area (TPSA) is 139 Å². The van der Waals surface area contributed by atoms with Crippen LogP contribution in [0.3, 0.4) is 0 Å². The van der Waals surface area contributed by atoms with Crippen LogP contribution in [-0.2, 0) is 19.0 Å². The van der Waals surface area contributed by atoms with Crippen LogP contribution in [0.2, 0.25) is 0 Å². The van der Waals surface area contributed by atoms with Gasteiger partial charge < -0.3 is 38.9 Å². The Morgan fingerprint density at radius 3 is 2.43 bits per heavy atom. The van der Waals surface area contributed by atoms with E-state index in [1.807, 2.05) is 33.8 Å². The zero-order valence-electron chi connectivity index (χ0n) is 28.7. The molecule has 0 radical (unpaired) electrons. The van der Waals surface area contributed by atoms with Crippen LogP contribution in [0, 0.1) is 11.3 Å². The molecule has 3 aliphatic heterocycles. The number of ketones is 1. The summed E-state index contributed by atoms with van der Waals surface area (Å²) in [5.41, 5.74) is -1.25. The molecule has 1 amide bonds. The number of hydrogen-bond donors (Lipinski definition) is 1. The predicted octanol–water partition coefficient (Wildman–Crippen LogP) is 4.25. The summed E-state index contributed by atoms with van der Waals surface area (Å²) in [6.07, 6.45) is 6.08. The molecule has 0 bridgehead atoms. The van der Waals surface area contributed by atoms with E-state index in [1.54, 1.807) is 4.90 Å². The third-order valence-electron chi connectivity index (χ3n) is 10.7. The van der Waals surface area contributed by atoms with E-state index in [0.29, 0.717) is 57.1 Å². The highest BCUT2D eigenvalue weighted by atomic mass is 16.7. The molecule has 13 nitrogen and oxygen atoms in total. The number of oxime groups is 1. The number of likely N-dealkylation sites (N-methyl/N-ethyl adjacent to an activating group) is 1. The maximum Gasteiger partial charge on any atom is 0.410 e. The van der Waals surface area contributed by atoms with E-state index in [2.05, 4.69) is 22.0 Å². The van der Waals surface area contributed by atoms with Crippen molar-refractivity contribution in [1.29, 1.82) is 0 Å². The number of nitrogens with zero attached hydrogens (tertiary/aromatic N) is 6. The molecule has 4 atom stereocenters. The van der Waals surface area contributed by atoms with Crippen molar-refractivity contribution < 1.29 is 33.7 Å². The molecule has 2 aliphatic carbocycles. The minimum atomic E-state index is -0.922. The molecule has 1 aromatic rings. The Bertz CT molecular complexity index is 1330. The van der Waals surface area contributed by atoms with E-state index in [-0.39, 0.29) is 29.5 Å². The molecule has 1 N–H and O–H groups in total. The van der Waals surface area contributed by atoms with Crippen LogP contribution in [-0.4, -0.2) is 119 Å². The summed E-state index contributed by atoms with van der Waals surface area (Å²) in [6, 6.07) is 1.61. The zero-order valence-corrected chi connectivity index (χ0v) is 28.7. The molecule has 13 heteroatoms. The van der Waals surface area contributed by atoms with E-state index in [9.17, 15) is 14.8 Å². The highest BCUT2D eigenvalue weighted by molar-refractivity contribution is 6.14. The highest BCUT2D eigenvalue weighted by Crippen LogP contribution is 2.56. The third-order valence-corrected chi connectivity index (χ3v) is 10.7. The normalized spacial score (nSPS) is 29.5. The summed E-state index contributed by atoms with van der Waals surface area (Å²) in [5, 5.41) is 14.3. The second kappa shape index (κ2) is 13.5. The van der Waals surface area contributed by atoms with Gasteiger partial charge in [0.1, 0.15) is 23.2 Å². The van der Waals surface area contributed by atoms with Gasteiger partial charge in [-0.05, 0) is 73.3 Å². The van der Waals surface area contributed by atoms with E-state index in [4.69, 9.17) is 28.9 Å². The van der Waals surface area contributed by atoms with Gasteiger partial charge in [-0.2, -0.15) is 4.98 Å². The van der Waals surface area contributed by atoms with Crippen molar-refractivity contribution >= 4 is 23.4 Å². The number of likely N-dealkylation sites (tertiary alicyclic amines) is 1. The average molecular weight is 657 g/mol. The molecule has 2 spiro atoms. The monoisotopic (exact) mass is 656 g/mol. The molecule has 4 heterocycles. The molecular weight excluding hydrogens is 604 g/mol. The van der Waals surface area contributed by atoms with Gasteiger partial charge in [-0.15, -0.1) is 0 Å². The number of Topliss-reactive ketones (excluding diaryl/α,β-unsaturated/α-hetero) is 1. The largest absolute Gasteiger partial charge is 0.472 e. The lowest BCUT2D eigenvalue weighted by atomic mass is 9.57. The van der Waals surface area contributed by atoms with Gasteiger partial charge in [-0.1, -0.05) is 18.0 Å². The van der Waals surface area contributed by atoms with Crippen LogP contribution in [0.15, 0.2) is 11.2 Å². The number of carbonyl (C=O) groups is 2. The number of piperazine rings is 1. The Hall–Kier alpha value is -3.03. The summed E-state index contributed by atoms with van der Waals surface area (Å²) >= 11 is 0. The van der Waals surface area contributed by atoms with Gasteiger partial charge in [-0.3, -0.25) is 4.79 Å². The lowest BCUT2D eigenvalue weighted by molar-refractivity contribution is -0.255. The molecule has 6 rings (SSSR count). The van der Waals surface area contributed by atoms with Gasteiger partial charge in [-0.25, -0.2) is 9.78 Å². The van der Waals surface area contributed by atoms with Crippen LogP contribution in [0.1, 0.15) is 91.3 Å². The number of fused-ring (bicyclic) bond motifs is 1. The molecule has 260 valence electrons. The van der Waals surface area contributed by atoms with Crippen LogP contribution in [0.25, 0.3) is 0 Å². The maximum absolute atomic E-state index is 14.6. The highest BCUT2D eigenvalue weighted by Gasteiger charge is 2.63. The van der Waals surface area contributed by atoms with Crippen molar-refractivity contribution in [1.82, 2.24) is 19.8 Å². The fraction of sp³-hybridized carbons (Fsp3) is 0.794. The number of carbonyl (C=O) groups excluding carboxylic acids is 2. The first kappa shape index (κ1) is 33.9. The summed E-state index contributed by atoms with van der Waals surface area (Å²) in [5.74, 6) is -0.506. The fourth-order valence-corrected chi connectivity index (χ4v) is 8.32. The van der Waals surface area contributed by atoms with Crippen molar-refractivity contribution in [3.63, 3.8) is 0 Å². The van der Waals surface area contributed by atoms with Crippen molar-refractivity contribution in [3.8, 4) is 5.88 Å². The lowest BCUT2D eigenvalue weighted by Crippen LogP contribution is -2.60. The second-order valence-electron chi connectivity index (χ2n) is 14.9. The molecule has 2 saturated carbocycles. The Morgan fingerprint density at radius 2 is 1.72 bits per heavy atom. The second-order valence-corrected chi connectivity index (χ2v) is 14.9. The first-order chi connectivity index (χ1) is 22.5. The van der Waals surface area contributed by atoms with Gasteiger partial charge in [0.05, 0.1) is 30.6 Å². The van der Waals surface area contributed by atoms with E-state index >= 15 is 0 Å². The first-order valence-corrected chi connectivity index (χ1v) is 17.5. The Balaban J connectivity index is 1.30. The molecule has 47 heavy (non-hydrogen) atoms. The van der Waals surface area contributed by atoms with Gasteiger partial charge in [0.25, 0.3) is 0 Å². The predicted molar refractivity (Wildman–Crippen MR) is 174 cm³/mol. The summed E-state index contributed by atoms with van der Waals surface area (Å²) in [6.45, 7) is 12.3. The Morgan fingerprint density at radius 1 is 1.02 bits per heavy atom. The zero-order chi connectivity index (χ0) is 33.4. The fourth-order valence-electron chi connectivity index (χ4n) is 8.32. The Kier molecular flexibility index (Phi) is 9.70. The minimum Gasteiger partial charge on any atom is -0.472 e. The summed E-state index contributed by atoms with van der Waals surface area (Å²) in [4.78, 5) is 43.5. The maximum atomic E-state index is 14.6. The van der Waals surface area contributed by atoms with Crippen LogP contribution >= 0.6 is 0 Å². The summed E-state index contributed by atoms with van der Waals surface area (Å²) in [7, 11) is 2.09. The number of amides is 1. The molecule has 3 saturated heterocycles. The molecule has 5 aliphatic rings. The number of aromatic nitrogens is 2. The van der Waals surface area contributed by atoms with Crippen LogP contribution in [0.4, 0.5) is 10.6 Å². The molecule has 1 aromatic heterocycles. The van der Waals surface area contributed by atoms with E-state index in [0.717, 1.165) is 58.3 Å². The molecular formula is C34H52N6O7. The first-order valence-electron chi connectivity index (χ1n) is 17.5. The molecule has 1 unspecified atom stereocenters. The smallest absolute Gasteiger partial charge is 0.410 e. The van der Waals surface area contributed by atoms with Crippen molar-refractivity contribution in [2.24, 2.45) is 16.5 Å². The van der Waals surface area contributed by atoms with Crippen molar-refractivity contribution in [2.75, 3.05) is 57.9 Å². The summed E-state index contributed by atoms with van der Waals surface area (Å²) < 4.78 is 24.7. The van der Waals surface area contributed by atoms with Crippen LogP contribution in [0.5, 0.6) is 5.88 Å². The van der Waals surface area contributed by atoms with Gasteiger partial charge >= 0.3 is 6.09 Å². The SMILES string of the molecule is C[C@H](Oc1cc(N2CCN(C)CC2)nc(/C(=N\O)C2CCC[C@@]3(CCCCC34OCCO4)C2=O)n1)[C@@H]1CCCN1C(=O)OC(C)(C)C. The standard InChI is InChI=1S/C34H52N6O7/c1-23(25-11-9-15-40(25)31(42)47-32(2,3)4)46-27-22-26(39-18-16-38(5)17-19-39)35-30(36-27)28(37-43)24-10-8-13-33(29(24)41)12-6-7-14-34(33)44-20-21-45-34/h22-25,43H,6-21H2,1-5H3/b37-28-/t23-,24?,25-,33-/m0/s1. The van der Waals surface area contributed by atoms with E-state index in [1.165, 1.54) is 0 Å². The minimum absolute atomic E-state index is 0.0125. The Labute approximate surface area is 277 Å².